The summed E-state index contributed by atoms with van der Waals surface area (Å²) in [5, 5.41) is 0. The van der Waals surface area contributed by atoms with Gasteiger partial charge in [0.2, 0.25) is 0 Å². The summed E-state index contributed by atoms with van der Waals surface area (Å²) in [5.41, 5.74) is 1.66. The average molecular weight is 430 g/mol. The topological polar surface area (TPSA) is 92.2 Å². The Morgan fingerprint density at radius 1 is 1.18 bits per heavy atom. The van der Waals surface area contributed by atoms with Crippen molar-refractivity contribution in [2.24, 2.45) is 0 Å². The van der Waals surface area contributed by atoms with Crippen LogP contribution in [-0.2, 0) is 10.0 Å². The van der Waals surface area contributed by atoms with Crippen LogP contribution in [0.1, 0.15) is 5.56 Å². The second-order valence-corrected chi connectivity index (χ2v) is 7.64. The molecule has 1 heterocycles. The molecule has 3 rings (SSSR count). The molecule has 0 aliphatic carbocycles. The van der Waals surface area contributed by atoms with Crippen LogP contribution >= 0.6 is 22.6 Å². The Balaban J connectivity index is 2.06. The predicted molar refractivity (Wildman–Crippen MR) is 91.5 cm³/mol. The fourth-order valence-electron chi connectivity index (χ4n) is 2.10. The third kappa shape index (κ3) is 2.88. The van der Waals surface area contributed by atoms with Gasteiger partial charge in [-0.25, -0.2) is 13.2 Å². The van der Waals surface area contributed by atoms with Crippen LogP contribution in [0.15, 0.2) is 50.5 Å². The highest BCUT2D eigenvalue weighted by Crippen LogP contribution is 2.24. The van der Waals surface area contributed by atoms with Crippen molar-refractivity contribution in [1.29, 1.82) is 0 Å². The Hall–Kier alpha value is -1.81. The third-order valence-electron chi connectivity index (χ3n) is 3.10. The zero-order chi connectivity index (χ0) is 15.9. The summed E-state index contributed by atoms with van der Waals surface area (Å²) in [6, 6.07) is 9.90. The van der Waals surface area contributed by atoms with Crippen molar-refractivity contribution in [1.82, 2.24) is 4.98 Å². The summed E-state index contributed by atoms with van der Waals surface area (Å²) >= 11 is 2.14. The summed E-state index contributed by atoms with van der Waals surface area (Å²) in [7, 11) is -3.77. The highest BCUT2D eigenvalue weighted by molar-refractivity contribution is 14.1. The number of aromatic amines is 1. The zero-order valence-corrected chi connectivity index (χ0v) is 14.4. The number of anilines is 1. The minimum absolute atomic E-state index is 0.0706. The van der Waals surface area contributed by atoms with E-state index in [4.69, 9.17) is 4.42 Å². The number of aryl methyl sites for hydroxylation is 1. The van der Waals surface area contributed by atoms with Crippen LogP contribution in [0.25, 0.3) is 11.1 Å². The van der Waals surface area contributed by atoms with Crippen molar-refractivity contribution in [3.63, 3.8) is 0 Å². The lowest BCUT2D eigenvalue weighted by Crippen LogP contribution is -2.14. The van der Waals surface area contributed by atoms with Gasteiger partial charge < -0.3 is 4.42 Å². The number of hydrogen-bond acceptors (Lipinski definition) is 4. The van der Waals surface area contributed by atoms with Gasteiger partial charge >= 0.3 is 5.76 Å². The van der Waals surface area contributed by atoms with Crippen LogP contribution in [0.5, 0.6) is 0 Å². The van der Waals surface area contributed by atoms with Gasteiger partial charge in [0.1, 0.15) is 0 Å². The van der Waals surface area contributed by atoms with Gasteiger partial charge in [-0.1, -0.05) is 0 Å². The highest BCUT2D eigenvalue weighted by atomic mass is 127. The fraction of sp³-hybridized carbons (Fsp3) is 0.0714. The Morgan fingerprint density at radius 2 is 1.86 bits per heavy atom. The molecule has 0 unspecified atom stereocenters. The maximum atomic E-state index is 12.5. The SMILES string of the molecule is Cc1cc2[nH]c(=O)oc2cc1S(=O)(=O)Nc1ccc(I)cc1. The molecule has 2 aromatic carbocycles. The molecule has 0 aliphatic heterocycles. The van der Waals surface area contributed by atoms with Gasteiger partial charge in [-0.2, -0.15) is 0 Å². The van der Waals surface area contributed by atoms with E-state index >= 15 is 0 Å². The van der Waals surface area contributed by atoms with E-state index in [2.05, 4.69) is 32.3 Å². The number of aromatic nitrogens is 1. The first-order valence-corrected chi connectivity index (χ1v) is 8.83. The van der Waals surface area contributed by atoms with E-state index < -0.39 is 15.8 Å². The minimum Gasteiger partial charge on any atom is -0.408 e. The Bertz CT molecular complexity index is 1000. The van der Waals surface area contributed by atoms with Gasteiger partial charge in [0, 0.05) is 15.3 Å². The van der Waals surface area contributed by atoms with Crippen molar-refractivity contribution in [3.05, 3.63) is 56.1 Å². The largest absolute Gasteiger partial charge is 0.417 e. The molecule has 0 amide bonds. The first kappa shape index (κ1) is 15.1. The predicted octanol–water partition coefficient (Wildman–Crippen LogP) is 2.83. The molecular weight excluding hydrogens is 419 g/mol. The molecule has 1 aromatic heterocycles. The van der Waals surface area contributed by atoms with Gasteiger partial charge in [-0.15, -0.1) is 0 Å². The van der Waals surface area contributed by atoms with Crippen LogP contribution in [-0.4, -0.2) is 13.4 Å². The second kappa shape index (κ2) is 5.43. The van der Waals surface area contributed by atoms with E-state index in [1.165, 1.54) is 6.07 Å². The molecular formula is C14H11IN2O4S. The fourth-order valence-corrected chi connectivity index (χ4v) is 3.77. The summed E-state index contributed by atoms with van der Waals surface area (Å²) in [6.07, 6.45) is 0. The maximum Gasteiger partial charge on any atom is 0.417 e. The van der Waals surface area contributed by atoms with E-state index in [0.717, 1.165) is 3.57 Å². The molecule has 0 saturated heterocycles. The Morgan fingerprint density at radius 3 is 2.55 bits per heavy atom. The molecule has 22 heavy (non-hydrogen) atoms. The molecule has 0 spiro atoms. The van der Waals surface area contributed by atoms with Crippen LogP contribution in [0.2, 0.25) is 0 Å². The average Bonchev–Trinajstić information content (AvgIpc) is 2.79. The molecule has 0 fully saturated rings. The summed E-state index contributed by atoms with van der Waals surface area (Å²) in [6.45, 7) is 1.66. The smallest absolute Gasteiger partial charge is 0.408 e. The van der Waals surface area contributed by atoms with Gasteiger partial charge in [-0.3, -0.25) is 9.71 Å². The molecule has 0 aliphatic rings. The molecule has 2 N–H and O–H groups in total. The first-order chi connectivity index (χ1) is 10.3. The summed E-state index contributed by atoms with van der Waals surface area (Å²) < 4.78 is 33.5. The number of rotatable bonds is 3. The number of benzene rings is 2. The van der Waals surface area contributed by atoms with Crippen molar-refractivity contribution < 1.29 is 12.8 Å². The molecule has 114 valence electrons. The standard InChI is InChI=1S/C14H11IN2O4S/c1-8-6-11-12(21-14(18)16-11)7-13(8)22(19,20)17-10-4-2-9(15)3-5-10/h2-7,17H,1H3,(H,16,18). The Kier molecular flexibility index (Phi) is 3.73. The van der Waals surface area contributed by atoms with Gasteiger partial charge in [0.15, 0.2) is 5.58 Å². The summed E-state index contributed by atoms with van der Waals surface area (Å²) in [5.74, 6) is -0.616. The van der Waals surface area contributed by atoms with E-state index in [1.807, 2.05) is 0 Å². The zero-order valence-electron chi connectivity index (χ0n) is 11.4. The van der Waals surface area contributed by atoms with Crippen molar-refractivity contribution in [2.45, 2.75) is 11.8 Å². The minimum atomic E-state index is -3.77. The van der Waals surface area contributed by atoms with Gasteiger partial charge in [0.25, 0.3) is 10.0 Å². The molecule has 0 saturated carbocycles. The normalized spacial score (nSPS) is 11.7. The monoisotopic (exact) mass is 430 g/mol. The number of oxazole rings is 1. The number of fused-ring (bicyclic) bond motifs is 1. The number of H-pyrrole nitrogens is 1. The molecule has 6 nitrogen and oxygen atoms in total. The maximum absolute atomic E-state index is 12.5. The van der Waals surface area contributed by atoms with Gasteiger partial charge in [-0.05, 0) is 65.4 Å². The highest BCUT2D eigenvalue weighted by Gasteiger charge is 2.19. The molecule has 0 bridgehead atoms. The van der Waals surface area contributed by atoms with Crippen molar-refractivity contribution >= 4 is 49.4 Å². The van der Waals surface area contributed by atoms with Gasteiger partial charge in [0.05, 0.1) is 10.4 Å². The molecule has 3 aromatic rings. The van der Waals surface area contributed by atoms with Crippen LogP contribution in [0.4, 0.5) is 5.69 Å². The third-order valence-corrected chi connectivity index (χ3v) is 5.34. The first-order valence-electron chi connectivity index (χ1n) is 6.27. The van der Waals surface area contributed by atoms with Crippen LogP contribution in [0, 0.1) is 10.5 Å². The van der Waals surface area contributed by atoms with Crippen molar-refractivity contribution in [2.75, 3.05) is 4.72 Å². The van der Waals surface area contributed by atoms with E-state index in [0.29, 0.717) is 16.8 Å². The van der Waals surface area contributed by atoms with Crippen molar-refractivity contribution in [3.8, 4) is 0 Å². The number of sulfonamides is 1. The van der Waals surface area contributed by atoms with E-state index in [-0.39, 0.29) is 10.5 Å². The van der Waals surface area contributed by atoms with E-state index in [9.17, 15) is 13.2 Å². The number of hydrogen-bond donors (Lipinski definition) is 2. The quantitative estimate of drug-likeness (QED) is 0.626. The summed E-state index contributed by atoms with van der Waals surface area (Å²) in [4.78, 5) is 13.8. The molecule has 0 atom stereocenters. The van der Waals surface area contributed by atoms with E-state index in [1.54, 1.807) is 37.3 Å². The lowest BCUT2D eigenvalue weighted by molar-refractivity contribution is 0.554. The van der Waals surface area contributed by atoms with Crippen LogP contribution < -0.4 is 10.5 Å². The molecule has 0 radical (unpaired) electrons. The lowest BCUT2D eigenvalue weighted by Gasteiger charge is -2.10. The Labute approximate surface area is 139 Å². The molecule has 8 heteroatoms. The number of nitrogens with one attached hydrogen (secondary N) is 2. The number of halogens is 1. The lowest BCUT2D eigenvalue weighted by atomic mass is 10.2. The second-order valence-electron chi connectivity index (χ2n) is 4.74. The van der Waals surface area contributed by atoms with Crippen LogP contribution in [0.3, 0.4) is 0 Å².